The van der Waals surface area contributed by atoms with Crippen molar-refractivity contribution in [3.63, 3.8) is 0 Å². The normalized spacial score (nSPS) is 11.4. The van der Waals surface area contributed by atoms with Crippen molar-refractivity contribution in [3.05, 3.63) is 132 Å². The Bertz CT molecular complexity index is 2100. The number of aromatic nitrogens is 4. The standard InChI is InChI=1S/C36H28F2N4O/c1-23-12-13-39-35(16-23)42-33-9-4-3-8-31(33)32-11-10-30(18-34(32)42)43-29-7-5-6-28(17-29)41-22-27(21-40-41)36-25(19-37)14-24(2)15-26(36)20-38/h3-18,21-22H,19-20H2,1-2H3. The van der Waals surface area contributed by atoms with Crippen molar-refractivity contribution in [3.8, 4) is 34.1 Å². The molecule has 0 saturated carbocycles. The fourth-order valence-corrected chi connectivity index (χ4v) is 5.85. The van der Waals surface area contributed by atoms with Crippen molar-refractivity contribution in [2.24, 2.45) is 0 Å². The summed E-state index contributed by atoms with van der Waals surface area (Å²) < 4.78 is 38.0. The van der Waals surface area contributed by atoms with Gasteiger partial charge in [0, 0.05) is 40.9 Å². The van der Waals surface area contributed by atoms with Crippen LogP contribution in [0.4, 0.5) is 8.78 Å². The Kier molecular flexibility index (Phi) is 6.70. The summed E-state index contributed by atoms with van der Waals surface area (Å²) in [7, 11) is 0. The molecule has 212 valence electrons. The van der Waals surface area contributed by atoms with E-state index in [1.54, 1.807) is 29.2 Å². The predicted molar refractivity (Wildman–Crippen MR) is 167 cm³/mol. The SMILES string of the molecule is Cc1ccnc(-n2c3ccccc3c3ccc(Oc4cccc(-n5cc(-c6c(CF)cc(C)cc6CF)cn5)c4)cc32)c1. The Morgan fingerprint density at radius 1 is 0.721 bits per heavy atom. The molecule has 7 aromatic rings. The molecule has 0 aliphatic heterocycles. The first-order chi connectivity index (χ1) is 21.0. The molecular weight excluding hydrogens is 542 g/mol. The van der Waals surface area contributed by atoms with E-state index in [1.807, 2.05) is 67.7 Å². The van der Waals surface area contributed by atoms with Gasteiger partial charge in [-0.1, -0.05) is 42.0 Å². The van der Waals surface area contributed by atoms with Crippen LogP contribution < -0.4 is 4.74 Å². The Labute approximate surface area is 247 Å². The minimum Gasteiger partial charge on any atom is -0.457 e. The van der Waals surface area contributed by atoms with Crippen LogP contribution in [0.15, 0.2) is 110 Å². The monoisotopic (exact) mass is 570 g/mol. The van der Waals surface area contributed by atoms with Gasteiger partial charge >= 0.3 is 0 Å². The summed E-state index contributed by atoms with van der Waals surface area (Å²) in [5, 5.41) is 6.76. The predicted octanol–water partition coefficient (Wildman–Crippen LogP) is 9.38. The maximum Gasteiger partial charge on any atom is 0.137 e. The van der Waals surface area contributed by atoms with Crippen LogP contribution in [0.3, 0.4) is 0 Å². The number of rotatable bonds is 7. The van der Waals surface area contributed by atoms with E-state index in [4.69, 9.17) is 4.74 Å². The summed E-state index contributed by atoms with van der Waals surface area (Å²) in [6.07, 6.45) is 5.26. The average molecular weight is 571 g/mol. The Hall–Kier alpha value is -5.30. The first kappa shape index (κ1) is 26.6. The number of pyridine rings is 1. The number of hydrogen-bond acceptors (Lipinski definition) is 3. The van der Waals surface area contributed by atoms with Gasteiger partial charge in [0.25, 0.3) is 0 Å². The number of ether oxygens (including phenoxy) is 1. The van der Waals surface area contributed by atoms with Gasteiger partial charge in [0.05, 0.1) is 22.9 Å². The van der Waals surface area contributed by atoms with Crippen LogP contribution in [-0.2, 0) is 13.3 Å². The third kappa shape index (κ3) is 4.83. The maximum atomic E-state index is 13.9. The number of benzene rings is 4. The summed E-state index contributed by atoms with van der Waals surface area (Å²) >= 11 is 0. The molecule has 43 heavy (non-hydrogen) atoms. The van der Waals surface area contributed by atoms with E-state index >= 15 is 0 Å². The highest BCUT2D eigenvalue weighted by atomic mass is 19.1. The fraction of sp³-hybridized carbons (Fsp3) is 0.111. The van der Waals surface area contributed by atoms with Gasteiger partial charge in [0.15, 0.2) is 0 Å². The van der Waals surface area contributed by atoms with E-state index in [1.165, 1.54) is 0 Å². The van der Waals surface area contributed by atoms with Crippen LogP contribution in [0.1, 0.15) is 22.3 Å². The van der Waals surface area contributed by atoms with Crippen LogP contribution in [-0.4, -0.2) is 19.3 Å². The molecule has 4 aromatic carbocycles. The van der Waals surface area contributed by atoms with Gasteiger partial charge in [-0.15, -0.1) is 0 Å². The van der Waals surface area contributed by atoms with E-state index in [0.29, 0.717) is 33.8 Å². The lowest BCUT2D eigenvalue weighted by atomic mass is 9.95. The molecule has 0 saturated heterocycles. The fourth-order valence-electron chi connectivity index (χ4n) is 5.85. The average Bonchev–Trinajstić information content (AvgIpc) is 3.64. The van der Waals surface area contributed by atoms with Gasteiger partial charge in [-0.2, -0.15) is 5.10 Å². The molecule has 0 spiro atoms. The first-order valence-corrected chi connectivity index (χ1v) is 14.1. The number of fused-ring (bicyclic) bond motifs is 3. The van der Waals surface area contributed by atoms with Gasteiger partial charge in [-0.05, 0) is 78.6 Å². The summed E-state index contributed by atoms with van der Waals surface area (Å²) in [4.78, 5) is 4.66. The summed E-state index contributed by atoms with van der Waals surface area (Å²) in [6, 6.07) is 29.5. The second kappa shape index (κ2) is 10.8. The second-order valence-corrected chi connectivity index (χ2v) is 10.7. The molecule has 0 bridgehead atoms. The number of alkyl halides is 2. The van der Waals surface area contributed by atoms with Crippen LogP contribution >= 0.6 is 0 Å². The first-order valence-electron chi connectivity index (χ1n) is 14.1. The molecule has 0 atom stereocenters. The molecule has 0 radical (unpaired) electrons. The molecule has 3 aromatic heterocycles. The van der Waals surface area contributed by atoms with Gasteiger partial charge in [-0.25, -0.2) is 18.4 Å². The molecule has 7 heteroatoms. The molecule has 7 rings (SSSR count). The van der Waals surface area contributed by atoms with Crippen molar-refractivity contribution >= 4 is 21.8 Å². The lowest BCUT2D eigenvalue weighted by molar-refractivity contribution is 0.476. The zero-order valence-corrected chi connectivity index (χ0v) is 23.8. The Balaban J connectivity index is 1.25. The van der Waals surface area contributed by atoms with Crippen LogP contribution in [0, 0.1) is 13.8 Å². The molecule has 0 aliphatic carbocycles. The van der Waals surface area contributed by atoms with Crippen molar-refractivity contribution in [1.82, 2.24) is 19.3 Å². The van der Waals surface area contributed by atoms with Gasteiger partial charge in [-0.3, -0.25) is 4.57 Å². The number of para-hydroxylation sites is 1. The third-order valence-electron chi connectivity index (χ3n) is 7.70. The van der Waals surface area contributed by atoms with E-state index in [2.05, 4.69) is 45.8 Å². The zero-order chi connectivity index (χ0) is 29.5. The number of nitrogens with zero attached hydrogens (tertiary/aromatic N) is 4. The van der Waals surface area contributed by atoms with Crippen molar-refractivity contribution < 1.29 is 13.5 Å². The molecule has 0 N–H and O–H groups in total. The lowest BCUT2D eigenvalue weighted by Crippen LogP contribution is -1.98. The molecule has 0 unspecified atom stereocenters. The topological polar surface area (TPSA) is 44.9 Å². The highest BCUT2D eigenvalue weighted by Crippen LogP contribution is 2.36. The van der Waals surface area contributed by atoms with E-state index < -0.39 is 13.3 Å². The van der Waals surface area contributed by atoms with E-state index in [9.17, 15) is 8.78 Å². The highest BCUT2D eigenvalue weighted by Gasteiger charge is 2.16. The smallest absolute Gasteiger partial charge is 0.137 e. The number of aryl methyl sites for hydroxylation is 2. The Morgan fingerprint density at radius 2 is 1.49 bits per heavy atom. The number of halogens is 2. The second-order valence-electron chi connectivity index (χ2n) is 10.7. The molecule has 5 nitrogen and oxygen atoms in total. The van der Waals surface area contributed by atoms with Gasteiger partial charge < -0.3 is 4.74 Å². The molecular formula is C36H28F2N4O. The lowest BCUT2D eigenvalue weighted by Gasteiger charge is -2.11. The van der Waals surface area contributed by atoms with Crippen molar-refractivity contribution in [2.45, 2.75) is 27.2 Å². The quantitative estimate of drug-likeness (QED) is 0.192. The molecule has 0 aliphatic rings. The Morgan fingerprint density at radius 3 is 2.28 bits per heavy atom. The molecule has 3 heterocycles. The summed E-state index contributed by atoms with van der Waals surface area (Å²) in [5.74, 6) is 2.16. The van der Waals surface area contributed by atoms with Gasteiger partial charge in [0.2, 0.25) is 0 Å². The van der Waals surface area contributed by atoms with Crippen LogP contribution in [0.5, 0.6) is 11.5 Å². The maximum absolute atomic E-state index is 13.9. The summed E-state index contributed by atoms with van der Waals surface area (Å²) in [6.45, 7) is 2.54. The van der Waals surface area contributed by atoms with Crippen molar-refractivity contribution in [1.29, 1.82) is 0 Å². The highest BCUT2D eigenvalue weighted by molar-refractivity contribution is 6.09. The van der Waals surface area contributed by atoms with Gasteiger partial charge in [0.1, 0.15) is 30.7 Å². The zero-order valence-electron chi connectivity index (χ0n) is 23.8. The van der Waals surface area contributed by atoms with E-state index in [0.717, 1.165) is 44.4 Å². The molecule has 0 amide bonds. The molecule has 0 fully saturated rings. The van der Waals surface area contributed by atoms with E-state index in [-0.39, 0.29) is 0 Å². The van der Waals surface area contributed by atoms with Crippen molar-refractivity contribution in [2.75, 3.05) is 0 Å². The summed E-state index contributed by atoms with van der Waals surface area (Å²) in [5.41, 5.74) is 6.92. The van der Waals surface area contributed by atoms with Crippen LogP contribution in [0.25, 0.3) is 44.4 Å². The van der Waals surface area contributed by atoms with Crippen LogP contribution in [0.2, 0.25) is 0 Å². The number of hydrogen-bond donors (Lipinski definition) is 0. The third-order valence-corrected chi connectivity index (χ3v) is 7.70. The minimum atomic E-state index is -0.679. The largest absolute Gasteiger partial charge is 0.457 e. The minimum absolute atomic E-state index is 0.456.